The summed E-state index contributed by atoms with van der Waals surface area (Å²) < 4.78 is 8.13. The van der Waals surface area contributed by atoms with E-state index in [2.05, 4.69) is 10.3 Å². The molecule has 1 aliphatic rings. The van der Waals surface area contributed by atoms with Crippen LogP contribution in [0.4, 0.5) is 5.82 Å². The van der Waals surface area contributed by atoms with Crippen molar-refractivity contribution in [2.45, 2.75) is 17.5 Å². The van der Waals surface area contributed by atoms with E-state index >= 15 is 0 Å². The number of benzene rings is 2. The van der Waals surface area contributed by atoms with Crippen molar-refractivity contribution in [1.29, 1.82) is 0 Å². The number of carbonyl (C=O) groups is 2. The summed E-state index contributed by atoms with van der Waals surface area (Å²) in [7, 11) is 1.62. The average molecular weight is 462 g/mol. The fraction of sp³-hybridized carbons (Fsp3) is 0.125. The van der Waals surface area contributed by atoms with E-state index in [1.165, 1.54) is 23.3 Å². The van der Waals surface area contributed by atoms with Crippen LogP contribution in [0.1, 0.15) is 15.2 Å². The molecule has 1 aliphatic heterocycles. The minimum atomic E-state index is -0.968. The predicted molar refractivity (Wildman–Crippen MR) is 127 cm³/mol. The van der Waals surface area contributed by atoms with Gasteiger partial charge in [0, 0.05) is 22.8 Å². The fourth-order valence-corrected chi connectivity index (χ4v) is 6.18. The van der Waals surface area contributed by atoms with Gasteiger partial charge >= 0.3 is 0 Å². The van der Waals surface area contributed by atoms with E-state index in [0.29, 0.717) is 17.2 Å². The van der Waals surface area contributed by atoms with Crippen LogP contribution in [-0.4, -0.2) is 34.1 Å². The molecule has 1 unspecified atom stereocenters. The second-order valence-corrected chi connectivity index (χ2v) is 9.35. The fourth-order valence-electron chi connectivity index (χ4n) is 3.62. The van der Waals surface area contributed by atoms with Gasteiger partial charge in [0.15, 0.2) is 6.04 Å². The molecule has 6 nitrogen and oxygen atoms in total. The molecule has 0 spiro atoms. The molecule has 0 aliphatic carbocycles. The van der Waals surface area contributed by atoms with Gasteiger partial charge in [-0.3, -0.25) is 9.59 Å². The molecule has 1 amide bonds. The van der Waals surface area contributed by atoms with Crippen LogP contribution in [-0.2, 0) is 11.3 Å². The lowest BCUT2D eigenvalue weighted by molar-refractivity contribution is -0.118. The number of pyridine rings is 1. The molecule has 3 heterocycles. The first kappa shape index (κ1) is 20.7. The summed E-state index contributed by atoms with van der Waals surface area (Å²) in [5.74, 6) is 0.591. The Hall–Kier alpha value is -3.20. The van der Waals surface area contributed by atoms with Gasteiger partial charge < -0.3 is 10.1 Å². The Bertz CT molecular complexity index is 1290. The van der Waals surface area contributed by atoms with E-state index in [-0.39, 0.29) is 5.78 Å². The lowest BCUT2D eigenvalue weighted by Gasteiger charge is -2.32. The molecule has 0 fully saturated rings. The van der Waals surface area contributed by atoms with Crippen molar-refractivity contribution >= 4 is 50.9 Å². The van der Waals surface area contributed by atoms with Gasteiger partial charge in [0.05, 0.1) is 16.9 Å². The molecule has 2 aromatic heterocycles. The molecule has 1 N–H and O–H groups in total. The summed E-state index contributed by atoms with van der Waals surface area (Å²) in [5.41, 5.74) is 0.977. The van der Waals surface area contributed by atoms with Crippen LogP contribution >= 0.6 is 23.3 Å². The van der Waals surface area contributed by atoms with Crippen molar-refractivity contribution in [3.8, 4) is 5.75 Å². The zero-order valence-electron chi connectivity index (χ0n) is 17.1. The Morgan fingerprint density at radius 3 is 2.62 bits per heavy atom. The van der Waals surface area contributed by atoms with Crippen LogP contribution in [0, 0.1) is 0 Å². The Morgan fingerprint density at radius 1 is 1.09 bits per heavy atom. The number of anilines is 1. The number of amides is 1. The van der Waals surface area contributed by atoms with Gasteiger partial charge in [-0.15, -0.1) is 11.3 Å². The zero-order chi connectivity index (χ0) is 22.1. The second kappa shape index (κ2) is 8.74. The van der Waals surface area contributed by atoms with Crippen molar-refractivity contribution in [2.75, 3.05) is 12.4 Å². The largest absolute Gasteiger partial charge is 0.497 e. The number of thiophene rings is 1. The van der Waals surface area contributed by atoms with E-state index in [9.17, 15) is 9.59 Å². The molecule has 32 heavy (non-hydrogen) atoms. The van der Waals surface area contributed by atoms with E-state index in [1.807, 2.05) is 52.8 Å². The van der Waals surface area contributed by atoms with Crippen LogP contribution in [0.5, 0.6) is 5.75 Å². The van der Waals surface area contributed by atoms with Gasteiger partial charge in [-0.05, 0) is 47.8 Å². The predicted octanol–water partition coefficient (Wildman–Crippen LogP) is 5.02. The minimum absolute atomic E-state index is 0.193. The minimum Gasteiger partial charge on any atom is -0.497 e. The number of aromatic nitrogens is 1. The van der Waals surface area contributed by atoms with Gasteiger partial charge in [-0.1, -0.05) is 36.4 Å². The molecule has 1 atom stereocenters. The smallest absolute Gasteiger partial charge is 0.251 e. The molecule has 160 valence electrons. The Kier molecular flexibility index (Phi) is 5.65. The second-order valence-electron chi connectivity index (χ2n) is 7.24. The summed E-state index contributed by atoms with van der Waals surface area (Å²) in [5, 5.41) is 3.84. The molecule has 5 rings (SSSR count). The first-order chi connectivity index (χ1) is 15.6. The Morgan fingerprint density at radius 2 is 1.88 bits per heavy atom. The molecular formula is C24H19N3O3S2. The van der Waals surface area contributed by atoms with Crippen LogP contribution in [0.2, 0.25) is 0 Å². The molecule has 0 radical (unpaired) electrons. The highest BCUT2D eigenvalue weighted by Crippen LogP contribution is 2.45. The van der Waals surface area contributed by atoms with Crippen molar-refractivity contribution in [3.05, 3.63) is 83.4 Å². The van der Waals surface area contributed by atoms with Crippen molar-refractivity contribution in [3.63, 3.8) is 0 Å². The number of ether oxygens (including phenoxy) is 1. The molecule has 8 heteroatoms. The highest BCUT2D eigenvalue weighted by atomic mass is 32.2. The van der Waals surface area contributed by atoms with Crippen LogP contribution < -0.4 is 10.1 Å². The number of methoxy groups -OCH3 is 1. The number of nitrogens with one attached hydrogen (secondary N) is 1. The van der Waals surface area contributed by atoms with Crippen LogP contribution in [0.25, 0.3) is 10.1 Å². The highest BCUT2D eigenvalue weighted by molar-refractivity contribution is 7.97. The van der Waals surface area contributed by atoms with Gasteiger partial charge in [0.2, 0.25) is 5.78 Å². The number of hydrogen-bond acceptors (Lipinski definition) is 7. The van der Waals surface area contributed by atoms with Gasteiger partial charge in [0.1, 0.15) is 11.6 Å². The zero-order valence-corrected chi connectivity index (χ0v) is 18.8. The molecule has 2 aromatic carbocycles. The van der Waals surface area contributed by atoms with Gasteiger partial charge in [0.25, 0.3) is 5.91 Å². The number of fused-ring (bicyclic) bond motifs is 3. The first-order valence-corrected chi connectivity index (χ1v) is 11.6. The van der Waals surface area contributed by atoms with Crippen LogP contribution in [0.15, 0.2) is 77.8 Å². The lowest BCUT2D eigenvalue weighted by Crippen LogP contribution is -2.47. The van der Waals surface area contributed by atoms with E-state index in [4.69, 9.17) is 4.74 Å². The van der Waals surface area contributed by atoms with Gasteiger partial charge in [-0.25, -0.2) is 9.29 Å². The summed E-state index contributed by atoms with van der Waals surface area (Å²) in [6, 6.07) is 19.9. The Labute approximate surface area is 193 Å². The molecule has 0 bridgehead atoms. The monoisotopic (exact) mass is 461 g/mol. The third kappa shape index (κ3) is 3.88. The maximum atomic E-state index is 13.6. The number of carbonyl (C=O) groups excluding carboxylic acids is 2. The maximum absolute atomic E-state index is 13.6. The summed E-state index contributed by atoms with van der Waals surface area (Å²) in [6.07, 6.45) is 1.60. The van der Waals surface area contributed by atoms with E-state index < -0.39 is 11.9 Å². The topological polar surface area (TPSA) is 71.5 Å². The number of hydrogen-bond donors (Lipinski definition) is 1. The maximum Gasteiger partial charge on any atom is 0.251 e. The number of rotatable bonds is 5. The summed E-state index contributed by atoms with van der Waals surface area (Å²) >= 11 is 2.90. The van der Waals surface area contributed by atoms with Crippen molar-refractivity contribution in [1.82, 2.24) is 9.29 Å². The number of Topliss-reactive ketones (excluding diaryl/α,β-unsaturated/α-hetero) is 1. The summed E-state index contributed by atoms with van der Waals surface area (Å²) in [6.45, 7) is 0.421. The SMILES string of the molecule is COc1ccc(CN2Sc3c(sc4ccccc34)C(=O)C2C(=O)Nc2ccccn2)cc1. The number of ketones is 1. The number of nitrogens with zero attached hydrogens (tertiary/aromatic N) is 2. The summed E-state index contributed by atoms with van der Waals surface area (Å²) in [4.78, 5) is 32.5. The molecule has 0 saturated carbocycles. The Balaban J connectivity index is 1.52. The third-order valence-electron chi connectivity index (χ3n) is 5.18. The van der Waals surface area contributed by atoms with Crippen molar-refractivity contribution < 1.29 is 14.3 Å². The van der Waals surface area contributed by atoms with Crippen molar-refractivity contribution in [2.24, 2.45) is 0 Å². The standard InChI is InChI=1S/C24H19N3O3S2/c1-30-16-11-9-15(10-12-16)14-27-20(24(29)26-19-8-4-5-13-25-19)21(28)23-22(32-27)17-6-2-3-7-18(17)31-23/h2-13,20H,14H2,1H3,(H,25,26,29). The van der Waals surface area contributed by atoms with E-state index in [1.54, 1.807) is 31.5 Å². The first-order valence-electron chi connectivity index (χ1n) is 9.99. The van der Waals surface area contributed by atoms with Crippen LogP contribution in [0.3, 0.4) is 0 Å². The normalized spacial score (nSPS) is 16.0. The lowest BCUT2D eigenvalue weighted by atomic mass is 10.1. The van der Waals surface area contributed by atoms with Gasteiger partial charge in [-0.2, -0.15) is 0 Å². The molecule has 4 aromatic rings. The van der Waals surface area contributed by atoms with E-state index in [0.717, 1.165) is 26.3 Å². The molecule has 0 saturated heterocycles. The quantitative estimate of drug-likeness (QED) is 0.332. The third-order valence-corrected chi connectivity index (χ3v) is 7.68. The molecular weight excluding hydrogens is 442 g/mol. The highest BCUT2D eigenvalue weighted by Gasteiger charge is 2.41. The average Bonchev–Trinajstić information content (AvgIpc) is 3.19.